The quantitative estimate of drug-likeness (QED) is 0.448. The predicted octanol–water partition coefficient (Wildman–Crippen LogP) is 4.04. The van der Waals surface area contributed by atoms with Gasteiger partial charge >= 0.3 is 0 Å². The van der Waals surface area contributed by atoms with Crippen LogP contribution in [-0.2, 0) is 14.8 Å². The van der Waals surface area contributed by atoms with Gasteiger partial charge in [-0.25, -0.2) is 13.4 Å². The van der Waals surface area contributed by atoms with E-state index in [1.807, 2.05) is 23.6 Å². The Morgan fingerprint density at radius 3 is 2.51 bits per heavy atom. The number of carbonyl (C=O) groups excluding carboxylic acids is 1. The van der Waals surface area contributed by atoms with Gasteiger partial charge in [-0.2, -0.15) is 4.31 Å². The van der Waals surface area contributed by atoms with Crippen LogP contribution in [0.2, 0.25) is 5.15 Å². The van der Waals surface area contributed by atoms with E-state index >= 15 is 0 Å². The zero-order valence-electron chi connectivity index (χ0n) is 20.6. The van der Waals surface area contributed by atoms with E-state index in [1.54, 1.807) is 14.9 Å². The number of fused-ring (bicyclic) bond motifs is 2. The maximum absolute atomic E-state index is 13.5. The highest BCUT2D eigenvalue weighted by Gasteiger charge is 2.45. The number of halogens is 1. The number of likely N-dealkylation sites (tertiary alicyclic amines) is 1. The Labute approximate surface area is 226 Å². The summed E-state index contributed by atoms with van der Waals surface area (Å²) in [5.41, 5.74) is 1.14. The molecule has 1 N–H and O–H groups in total. The van der Waals surface area contributed by atoms with Crippen LogP contribution in [0, 0.1) is 17.8 Å². The normalized spacial score (nSPS) is 24.1. The minimum Gasteiger partial charge on any atom is -0.349 e. The molecule has 8 nitrogen and oxygen atoms in total. The van der Waals surface area contributed by atoms with E-state index < -0.39 is 10.0 Å². The molecule has 3 aliphatic rings. The molecule has 6 rings (SSSR count). The van der Waals surface area contributed by atoms with Crippen LogP contribution < -0.4 is 5.32 Å². The fourth-order valence-corrected chi connectivity index (χ4v) is 9.27. The Bertz CT molecular complexity index is 1360. The lowest BCUT2D eigenvalue weighted by Crippen LogP contribution is -2.37. The summed E-state index contributed by atoms with van der Waals surface area (Å²) in [5.74, 6) is 0.916. The monoisotopic (exact) mass is 561 g/mol. The number of amides is 1. The van der Waals surface area contributed by atoms with Gasteiger partial charge in [0, 0.05) is 50.2 Å². The highest BCUT2D eigenvalue weighted by Crippen LogP contribution is 2.37. The average molecular weight is 562 g/mol. The third-order valence-corrected chi connectivity index (χ3v) is 11.3. The van der Waals surface area contributed by atoms with Crippen molar-refractivity contribution in [3.63, 3.8) is 0 Å². The van der Waals surface area contributed by atoms with Gasteiger partial charge in [-0.3, -0.25) is 9.20 Å². The van der Waals surface area contributed by atoms with Gasteiger partial charge in [0.25, 0.3) is 10.0 Å². The second-order valence-corrected chi connectivity index (χ2v) is 13.7. The number of nitrogens with one attached hydrogen (secondary N) is 1. The van der Waals surface area contributed by atoms with Gasteiger partial charge in [0.1, 0.15) is 0 Å². The van der Waals surface area contributed by atoms with Crippen molar-refractivity contribution < 1.29 is 13.2 Å². The van der Waals surface area contributed by atoms with Crippen molar-refractivity contribution in [1.29, 1.82) is 0 Å². The molecule has 0 bridgehead atoms. The van der Waals surface area contributed by atoms with Crippen LogP contribution in [0.3, 0.4) is 0 Å². The summed E-state index contributed by atoms with van der Waals surface area (Å²) in [6.45, 7) is 3.59. The Kier molecular flexibility index (Phi) is 7.04. The standard InChI is InChI=1S/C26H32ClN5O3S2/c27-23-25(32-12-13-36-26(32)29-23)37(34,35)31-16-20-14-30(15-21(20)17-31)11-10-22(18-6-2-1-3-7-18)28-24(33)19-8-4-5-9-19/h1-3,6-7,12-13,19-22H,4-5,8-11,14-17H2,(H,28,33)/t20-,21?,22?/m0/s1. The zero-order valence-corrected chi connectivity index (χ0v) is 23.0. The predicted molar refractivity (Wildman–Crippen MR) is 144 cm³/mol. The number of rotatable bonds is 8. The number of sulfonamides is 1. The maximum Gasteiger partial charge on any atom is 0.262 e. The first-order chi connectivity index (χ1) is 17.9. The van der Waals surface area contributed by atoms with E-state index in [1.165, 1.54) is 11.3 Å². The van der Waals surface area contributed by atoms with Gasteiger partial charge in [0.05, 0.1) is 6.04 Å². The molecule has 2 unspecified atom stereocenters. The number of carbonyl (C=O) groups is 1. The van der Waals surface area contributed by atoms with E-state index in [4.69, 9.17) is 11.6 Å². The van der Waals surface area contributed by atoms with Crippen LogP contribution in [0.5, 0.6) is 0 Å². The summed E-state index contributed by atoms with van der Waals surface area (Å²) in [6, 6.07) is 10.2. The summed E-state index contributed by atoms with van der Waals surface area (Å²) in [7, 11) is -3.72. The number of imidazole rings is 1. The third kappa shape index (κ3) is 4.94. The number of aromatic nitrogens is 2. The first-order valence-corrected chi connectivity index (χ1v) is 15.8. The zero-order chi connectivity index (χ0) is 25.6. The molecule has 2 aromatic heterocycles. The lowest BCUT2D eigenvalue weighted by atomic mass is 10.0. The van der Waals surface area contributed by atoms with Crippen LogP contribution in [-0.4, -0.2) is 65.6 Å². The molecular weight excluding hydrogens is 530 g/mol. The fourth-order valence-electron chi connectivity index (χ4n) is 6.31. The van der Waals surface area contributed by atoms with Crippen LogP contribution >= 0.6 is 22.9 Å². The summed E-state index contributed by atoms with van der Waals surface area (Å²) in [5, 5.41) is 5.26. The van der Waals surface area contributed by atoms with Crippen molar-refractivity contribution >= 4 is 43.8 Å². The largest absolute Gasteiger partial charge is 0.349 e. The molecule has 1 aromatic carbocycles. The maximum atomic E-state index is 13.5. The van der Waals surface area contributed by atoms with Gasteiger partial charge in [0.15, 0.2) is 15.1 Å². The minimum atomic E-state index is -3.72. The van der Waals surface area contributed by atoms with Crippen molar-refractivity contribution in [3.8, 4) is 0 Å². The molecule has 3 fully saturated rings. The molecule has 1 saturated carbocycles. The first kappa shape index (κ1) is 25.3. The number of hydrogen-bond acceptors (Lipinski definition) is 6. The Hall–Kier alpha value is -1.98. The number of hydrogen-bond donors (Lipinski definition) is 1. The van der Waals surface area contributed by atoms with E-state index in [-0.39, 0.29) is 28.0 Å². The van der Waals surface area contributed by atoms with E-state index in [2.05, 4.69) is 27.3 Å². The molecule has 198 valence electrons. The molecule has 1 amide bonds. The van der Waals surface area contributed by atoms with E-state index in [0.29, 0.717) is 29.9 Å². The number of nitrogens with zero attached hydrogens (tertiary/aromatic N) is 4. The molecule has 0 radical (unpaired) electrons. The SMILES string of the molecule is O=C(NC(CCN1CC2CN(S(=O)(=O)c3c(Cl)nc4sccn34)C[C@@H]2C1)c1ccccc1)C1CCCC1. The fraction of sp³-hybridized carbons (Fsp3) is 0.538. The van der Waals surface area contributed by atoms with Crippen LogP contribution in [0.4, 0.5) is 0 Å². The van der Waals surface area contributed by atoms with Crippen LogP contribution in [0.25, 0.3) is 4.96 Å². The molecule has 4 heterocycles. The van der Waals surface area contributed by atoms with Gasteiger partial charge in [0.2, 0.25) is 5.91 Å². The van der Waals surface area contributed by atoms with Crippen LogP contribution in [0.1, 0.15) is 43.7 Å². The van der Waals surface area contributed by atoms with Crippen LogP contribution in [0.15, 0.2) is 46.9 Å². The molecule has 1 aliphatic carbocycles. The lowest BCUT2D eigenvalue weighted by molar-refractivity contribution is -0.125. The average Bonchev–Trinajstić information content (AvgIpc) is 3.68. The smallest absolute Gasteiger partial charge is 0.262 e. The van der Waals surface area contributed by atoms with Gasteiger partial charge < -0.3 is 10.2 Å². The van der Waals surface area contributed by atoms with Crippen molar-refractivity contribution in [3.05, 3.63) is 52.6 Å². The number of benzene rings is 1. The van der Waals surface area contributed by atoms with Crippen molar-refractivity contribution in [2.75, 3.05) is 32.7 Å². The first-order valence-electron chi connectivity index (χ1n) is 13.1. The van der Waals surface area contributed by atoms with Crippen molar-refractivity contribution in [2.24, 2.45) is 17.8 Å². The minimum absolute atomic E-state index is 0.0105. The summed E-state index contributed by atoms with van der Waals surface area (Å²) in [6.07, 6.45) is 6.81. The van der Waals surface area contributed by atoms with Gasteiger partial charge in [-0.15, -0.1) is 11.3 Å². The topological polar surface area (TPSA) is 87.0 Å². The summed E-state index contributed by atoms with van der Waals surface area (Å²) >= 11 is 7.61. The Morgan fingerprint density at radius 1 is 1.11 bits per heavy atom. The van der Waals surface area contributed by atoms with Gasteiger partial charge in [-0.1, -0.05) is 54.8 Å². The third-order valence-electron chi connectivity index (χ3n) is 8.27. The Morgan fingerprint density at radius 2 is 1.81 bits per heavy atom. The molecule has 37 heavy (non-hydrogen) atoms. The molecule has 2 aliphatic heterocycles. The molecule has 0 spiro atoms. The Balaban J connectivity index is 1.08. The lowest BCUT2D eigenvalue weighted by Gasteiger charge is -2.25. The van der Waals surface area contributed by atoms with E-state index in [9.17, 15) is 13.2 Å². The molecular formula is C26H32ClN5O3S2. The molecule has 3 atom stereocenters. The van der Waals surface area contributed by atoms with Crippen molar-refractivity contribution in [1.82, 2.24) is 23.9 Å². The molecule has 11 heteroatoms. The van der Waals surface area contributed by atoms with E-state index in [0.717, 1.165) is 57.3 Å². The van der Waals surface area contributed by atoms with Gasteiger partial charge in [-0.05, 0) is 36.7 Å². The molecule has 3 aromatic rings. The summed E-state index contributed by atoms with van der Waals surface area (Å²) < 4.78 is 30.1. The second-order valence-electron chi connectivity index (χ2n) is 10.6. The summed E-state index contributed by atoms with van der Waals surface area (Å²) in [4.78, 5) is 20.1. The second kappa shape index (κ2) is 10.3. The highest BCUT2D eigenvalue weighted by molar-refractivity contribution is 7.89. The highest BCUT2D eigenvalue weighted by atomic mass is 35.5. The molecule has 2 saturated heterocycles. The number of thiazole rings is 1. The van der Waals surface area contributed by atoms with Crippen molar-refractivity contribution in [2.45, 2.75) is 43.2 Å².